The lowest BCUT2D eigenvalue weighted by Crippen LogP contribution is -2.44. The zero-order valence-corrected chi connectivity index (χ0v) is 37.4. The van der Waals surface area contributed by atoms with Crippen molar-refractivity contribution in [2.24, 2.45) is 0 Å². The number of fused-ring (bicyclic) bond motifs is 2. The average Bonchev–Trinajstić information content (AvgIpc) is 4.01. The largest absolute Gasteiger partial charge is 0.506 e. The lowest BCUT2D eigenvalue weighted by atomic mass is 9.90. The predicted octanol–water partition coefficient (Wildman–Crippen LogP) is 8.63. The van der Waals surface area contributed by atoms with E-state index in [1.54, 1.807) is 12.1 Å². The average molecular weight is 857 g/mol. The summed E-state index contributed by atoms with van der Waals surface area (Å²) in [5, 5.41) is 38.3. The molecule has 1 aliphatic carbocycles. The van der Waals surface area contributed by atoms with Crippen molar-refractivity contribution in [3.05, 3.63) is 109 Å². The summed E-state index contributed by atoms with van der Waals surface area (Å²) < 4.78 is 15.6. The molecule has 0 spiro atoms. The molecule has 12 nitrogen and oxygen atoms in total. The molecule has 7 rings (SSSR count). The molecular weight excluding hydrogens is 801 g/mol. The number of nitrogens with one attached hydrogen (secondary N) is 2. The van der Waals surface area contributed by atoms with Gasteiger partial charge in [0.1, 0.15) is 11.3 Å². The number of thiophene rings is 2. The van der Waals surface area contributed by atoms with Gasteiger partial charge in [-0.3, -0.25) is 4.79 Å². The van der Waals surface area contributed by atoms with Gasteiger partial charge in [-0.05, 0) is 122 Å². The maximum atomic E-state index is 12.8. The molecule has 4 heterocycles. The van der Waals surface area contributed by atoms with Crippen LogP contribution >= 0.6 is 22.7 Å². The van der Waals surface area contributed by atoms with E-state index in [2.05, 4.69) is 84.6 Å². The number of carboxylic acid groups (broad SMARTS) is 1. The fourth-order valence-corrected chi connectivity index (χ4v) is 11.0. The molecule has 0 aliphatic heterocycles. The molecule has 314 valence electrons. The molecule has 0 amide bonds. The maximum absolute atomic E-state index is 12.8. The van der Waals surface area contributed by atoms with Crippen molar-refractivity contribution in [3.8, 4) is 5.75 Å². The van der Waals surface area contributed by atoms with Gasteiger partial charge in [0, 0.05) is 37.1 Å². The highest BCUT2D eigenvalue weighted by Crippen LogP contribution is 2.43. The standard InChI is InChI=1S/C44H56N6O6S2Si/c1-43(2,3)59(5,6)56-37(32-17-20-36(51)41-33(32)18-21-40(52)46-41)28-45-27-29-12-19-35-34(26-29)47-48-50(35)23-9-22-49(4)30-13-15-31(16-14-30)55-44(42(53)54,38-10-7-24-57-38)39-11-8-25-58-39/h7-8,10-12,17-21,24-26,30-31,37,45,51H,9,13-16,22-23,27-28H2,1-6H3,(H,46,52)(H,53,54)/t30-,31-,37-/m0/s1. The molecule has 1 aliphatic rings. The Labute approximate surface area is 354 Å². The third kappa shape index (κ3) is 9.26. The highest BCUT2D eigenvalue weighted by molar-refractivity contribution is 7.12. The second-order valence-electron chi connectivity index (χ2n) is 17.2. The molecule has 4 aromatic heterocycles. The number of rotatable bonds is 17. The third-order valence-electron chi connectivity index (χ3n) is 12.3. The highest BCUT2D eigenvalue weighted by atomic mass is 32.1. The van der Waals surface area contributed by atoms with E-state index in [-0.39, 0.29) is 28.6 Å². The molecule has 0 saturated heterocycles. The summed E-state index contributed by atoms with van der Waals surface area (Å²) >= 11 is 2.85. The molecule has 1 atom stereocenters. The molecule has 2 aromatic carbocycles. The van der Waals surface area contributed by atoms with Crippen LogP contribution in [0.5, 0.6) is 5.75 Å². The second-order valence-corrected chi connectivity index (χ2v) is 23.9. The van der Waals surface area contributed by atoms with E-state index in [0.717, 1.165) is 72.7 Å². The minimum atomic E-state index is -2.21. The molecule has 0 unspecified atom stereocenters. The van der Waals surface area contributed by atoms with Crippen molar-refractivity contribution in [1.29, 1.82) is 0 Å². The first kappa shape index (κ1) is 42.9. The Hall–Kier alpha value is -4.22. The fourth-order valence-electron chi connectivity index (χ4n) is 7.89. The quantitative estimate of drug-likeness (QED) is 0.0656. The fraction of sp³-hybridized carbons (Fsp3) is 0.455. The van der Waals surface area contributed by atoms with E-state index in [1.807, 2.05) is 45.8 Å². The number of nitrogens with zero attached hydrogens (tertiary/aromatic N) is 4. The van der Waals surface area contributed by atoms with E-state index in [0.29, 0.717) is 34.4 Å². The van der Waals surface area contributed by atoms with Crippen LogP contribution < -0.4 is 10.9 Å². The first-order valence-corrected chi connectivity index (χ1v) is 25.1. The Morgan fingerprint density at radius 1 is 1.03 bits per heavy atom. The van der Waals surface area contributed by atoms with Crippen molar-refractivity contribution >= 4 is 58.9 Å². The summed E-state index contributed by atoms with van der Waals surface area (Å²) in [5.41, 5.74) is 2.52. The van der Waals surface area contributed by atoms with E-state index >= 15 is 0 Å². The normalized spacial score (nSPS) is 17.3. The predicted molar refractivity (Wildman–Crippen MR) is 238 cm³/mol. The van der Waals surface area contributed by atoms with Crippen LogP contribution in [0.4, 0.5) is 0 Å². The summed E-state index contributed by atoms with van der Waals surface area (Å²) in [5.74, 6) is -0.933. The number of carbonyl (C=O) groups is 1. The third-order valence-corrected chi connectivity index (χ3v) is 18.7. The minimum Gasteiger partial charge on any atom is -0.506 e. The van der Waals surface area contributed by atoms with Gasteiger partial charge in [-0.15, -0.1) is 27.8 Å². The van der Waals surface area contributed by atoms with Gasteiger partial charge < -0.3 is 34.6 Å². The van der Waals surface area contributed by atoms with Crippen LogP contribution in [0.1, 0.15) is 79.9 Å². The first-order valence-electron chi connectivity index (χ1n) is 20.4. The van der Waals surface area contributed by atoms with Crippen LogP contribution in [0.15, 0.2) is 82.3 Å². The summed E-state index contributed by atoms with van der Waals surface area (Å²) in [6.45, 7) is 13.9. The van der Waals surface area contributed by atoms with Crippen LogP contribution in [0.2, 0.25) is 18.1 Å². The topological polar surface area (TPSA) is 155 Å². The number of pyridine rings is 1. The first-order chi connectivity index (χ1) is 28.2. The number of hydrogen-bond donors (Lipinski definition) is 4. The number of ether oxygens (including phenoxy) is 1. The molecule has 1 fully saturated rings. The molecule has 6 aromatic rings. The summed E-state index contributed by atoms with van der Waals surface area (Å²) in [6.07, 6.45) is 4.00. The second kappa shape index (κ2) is 17.8. The van der Waals surface area contributed by atoms with Gasteiger partial charge in [0.2, 0.25) is 11.2 Å². The smallest absolute Gasteiger partial charge is 0.347 e. The van der Waals surface area contributed by atoms with Crippen LogP contribution in [-0.2, 0) is 32.6 Å². The number of phenols is 1. The van der Waals surface area contributed by atoms with E-state index in [1.165, 1.54) is 28.7 Å². The van der Waals surface area contributed by atoms with Gasteiger partial charge in [0.25, 0.3) is 0 Å². The van der Waals surface area contributed by atoms with Crippen molar-refractivity contribution in [3.63, 3.8) is 0 Å². The number of phenolic OH excluding ortho intramolecular Hbond substituents is 1. The minimum absolute atomic E-state index is 0.0124. The van der Waals surface area contributed by atoms with Gasteiger partial charge in [-0.25, -0.2) is 9.48 Å². The number of aromatic nitrogens is 4. The summed E-state index contributed by atoms with van der Waals surface area (Å²) in [4.78, 5) is 31.6. The Kier molecular flexibility index (Phi) is 12.9. The molecule has 0 radical (unpaired) electrons. The van der Waals surface area contributed by atoms with Crippen LogP contribution in [0.3, 0.4) is 0 Å². The van der Waals surface area contributed by atoms with Crippen LogP contribution in [-0.4, -0.2) is 81.7 Å². The number of aryl methyl sites for hydroxylation is 1. The molecular formula is C44H56N6O6S2Si. The number of hydrogen-bond acceptors (Lipinski definition) is 11. The van der Waals surface area contributed by atoms with Gasteiger partial charge in [-0.2, -0.15) is 0 Å². The van der Waals surface area contributed by atoms with Gasteiger partial charge in [0.15, 0.2) is 8.32 Å². The lowest BCUT2D eigenvalue weighted by Gasteiger charge is -2.39. The van der Waals surface area contributed by atoms with Crippen molar-refractivity contribution in [2.45, 2.75) is 108 Å². The Morgan fingerprint density at radius 3 is 2.39 bits per heavy atom. The maximum Gasteiger partial charge on any atom is 0.347 e. The number of H-pyrrole nitrogens is 1. The number of aromatic hydroxyl groups is 1. The molecule has 59 heavy (non-hydrogen) atoms. The molecule has 1 saturated carbocycles. The number of carboxylic acids is 1. The SMILES string of the molecule is CN(CCCn1nnc2cc(CNC[C@H](O[Si](C)(C)C(C)(C)C)c3ccc(O)c4[nH]c(=O)ccc34)ccc21)[C@H]1CC[C@H](OC(C(=O)O)(c2cccs2)c2cccs2)CC1. The van der Waals surface area contributed by atoms with E-state index < -0.39 is 19.9 Å². The van der Waals surface area contributed by atoms with Crippen molar-refractivity contribution < 1.29 is 24.2 Å². The summed E-state index contributed by atoms with van der Waals surface area (Å²) in [6, 6.07) is 21.0. The molecule has 0 bridgehead atoms. The van der Waals surface area contributed by atoms with Crippen molar-refractivity contribution in [1.82, 2.24) is 30.2 Å². The Balaban J connectivity index is 0.930. The number of benzene rings is 2. The van der Waals surface area contributed by atoms with E-state index in [4.69, 9.17) is 9.16 Å². The van der Waals surface area contributed by atoms with Crippen LogP contribution in [0.25, 0.3) is 21.9 Å². The Bertz CT molecular complexity index is 2370. The van der Waals surface area contributed by atoms with Gasteiger partial charge in [0.05, 0.1) is 33.0 Å². The Morgan fingerprint density at radius 2 is 1.75 bits per heavy atom. The monoisotopic (exact) mass is 856 g/mol. The van der Waals surface area contributed by atoms with Gasteiger partial charge in [-0.1, -0.05) is 50.3 Å². The zero-order chi connectivity index (χ0) is 42.0. The number of aromatic amines is 1. The highest BCUT2D eigenvalue weighted by Gasteiger charge is 2.48. The van der Waals surface area contributed by atoms with E-state index in [9.17, 15) is 19.8 Å². The van der Waals surface area contributed by atoms with Crippen molar-refractivity contribution in [2.75, 3.05) is 20.1 Å². The number of aliphatic carboxylic acids is 1. The molecule has 15 heteroatoms. The van der Waals surface area contributed by atoms with Gasteiger partial charge >= 0.3 is 5.97 Å². The lowest BCUT2D eigenvalue weighted by molar-refractivity contribution is -0.170. The zero-order valence-electron chi connectivity index (χ0n) is 34.7. The summed E-state index contributed by atoms with van der Waals surface area (Å²) in [7, 11) is -0.0297. The van der Waals surface area contributed by atoms with Crippen LogP contribution in [0, 0.1) is 0 Å². The molecule has 4 N–H and O–H groups in total.